The summed E-state index contributed by atoms with van der Waals surface area (Å²) >= 11 is 0. The molecule has 0 atom stereocenters. The number of rotatable bonds is 6. The maximum absolute atomic E-state index is 11.8. The van der Waals surface area contributed by atoms with Crippen LogP contribution >= 0.6 is 0 Å². The van der Waals surface area contributed by atoms with E-state index in [1.165, 1.54) is 6.92 Å². The van der Waals surface area contributed by atoms with E-state index in [-0.39, 0.29) is 11.8 Å². The molecule has 6 heteroatoms. The monoisotopic (exact) mass is 306 g/mol. The molecule has 0 radical (unpaired) electrons. The Morgan fingerprint density at radius 1 is 1.36 bits per heavy atom. The average molecular weight is 306 g/mol. The standard InChI is InChI=1S/C16H22N2O4/c1-12(19)17(2)9-10-22-14-7-6-13(11-15(14)21-3)18-8-4-5-16(18)20/h6-7,11H,4-5,8-10H2,1-3H3. The van der Waals surface area contributed by atoms with E-state index in [9.17, 15) is 9.59 Å². The van der Waals surface area contributed by atoms with E-state index in [0.717, 1.165) is 18.7 Å². The van der Waals surface area contributed by atoms with Gasteiger partial charge in [-0.2, -0.15) is 0 Å². The Kier molecular flexibility index (Phi) is 5.25. The first-order chi connectivity index (χ1) is 10.5. The lowest BCUT2D eigenvalue weighted by Gasteiger charge is -2.19. The fraction of sp³-hybridized carbons (Fsp3) is 0.500. The number of hydrogen-bond acceptors (Lipinski definition) is 4. The minimum atomic E-state index is -0.00143. The van der Waals surface area contributed by atoms with Gasteiger partial charge in [0.1, 0.15) is 6.61 Å². The zero-order valence-corrected chi connectivity index (χ0v) is 13.3. The van der Waals surface area contributed by atoms with E-state index in [1.807, 2.05) is 12.1 Å². The minimum absolute atomic E-state index is 0.00143. The molecule has 0 saturated carbocycles. The zero-order chi connectivity index (χ0) is 16.1. The van der Waals surface area contributed by atoms with Gasteiger partial charge in [-0.3, -0.25) is 9.59 Å². The second kappa shape index (κ2) is 7.15. The van der Waals surface area contributed by atoms with Gasteiger partial charge in [0.2, 0.25) is 11.8 Å². The topological polar surface area (TPSA) is 59.1 Å². The Morgan fingerprint density at radius 3 is 2.73 bits per heavy atom. The maximum atomic E-state index is 11.8. The molecule has 1 aliphatic heterocycles. The van der Waals surface area contributed by atoms with Gasteiger partial charge in [0, 0.05) is 38.7 Å². The molecule has 0 aromatic heterocycles. The van der Waals surface area contributed by atoms with E-state index >= 15 is 0 Å². The minimum Gasteiger partial charge on any atom is -0.493 e. The van der Waals surface area contributed by atoms with Crippen LogP contribution in [0.5, 0.6) is 11.5 Å². The van der Waals surface area contributed by atoms with Gasteiger partial charge in [-0.15, -0.1) is 0 Å². The third-order valence-corrected chi connectivity index (χ3v) is 3.75. The van der Waals surface area contributed by atoms with Gasteiger partial charge in [-0.25, -0.2) is 0 Å². The van der Waals surface area contributed by atoms with Crippen molar-refractivity contribution in [2.75, 3.05) is 38.8 Å². The van der Waals surface area contributed by atoms with Crippen molar-refractivity contribution in [1.82, 2.24) is 4.90 Å². The quantitative estimate of drug-likeness (QED) is 0.802. The molecule has 1 saturated heterocycles. The van der Waals surface area contributed by atoms with E-state index in [0.29, 0.717) is 31.1 Å². The molecule has 1 aromatic rings. The van der Waals surface area contributed by atoms with Crippen molar-refractivity contribution in [2.45, 2.75) is 19.8 Å². The van der Waals surface area contributed by atoms with Gasteiger partial charge in [-0.1, -0.05) is 0 Å². The van der Waals surface area contributed by atoms with Crippen LogP contribution < -0.4 is 14.4 Å². The summed E-state index contributed by atoms with van der Waals surface area (Å²) in [6.45, 7) is 3.15. The summed E-state index contributed by atoms with van der Waals surface area (Å²) < 4.78 is 11.0. The maximum Gasteiger partial charge on any atom is 0.227 e. The van der Waals surface area contributed by atoms with Gasteiger partial charge in [0.15, 0.2) is 11.5 Å². The van der Waals surface area contributed by atoms with Crippen LogP contribution in [0.25, 0.3) is 0 Å². The molecule has 0 unspecified atom stereocenters. The number of ether oxygens (including phenoxy) is 2. The number of anilines is 1. The molecular formula is C16H22N2O4. The molecule has 22 heavy (non-hydrogen) atoms. The van der Waals surface area contributed by atoms with E-state index < -0.39 is 0 Å². The van der Waals surface area contributed by atoms with E-state index in [1.54, 1.807) is 30.0 Å². The molecule has 0 N–H and O–H groups in total. The van der Waals surface area contributed by atoms with Gasteiger partial charge in [0.25, 0.3) is 0 Å². The number of nitrogens with zero attached hydrogens (tertiary/aromatic N) is 2. The van der Waals surface area contributed by atoms with Gasteiger partial charge in [0.05, 0.1) is 13.7 Å². The number of likely N-dealkylation sites (N-methyl/N-ethyl adjacent to an activating group) is 1. The average Bonchev–Trinajstić information content (AvgIpc) is 2.93. The lowest BCUT2D eigenvalue weighted by atomic mass is 10.2. The molecule has 0 bridgehead atoms. The molecule has 2 amide bonds. The molecule has 0 spiro atoms. The number of carbonyl (C=O) groups excluding carboxylic acids is 2. The van der Waals surface area contributed by atoms with Gasteiger partial charge >= 0.3 is 0 Å². The van der Waals surface area contributed by atoms with Gasteiger partial charge < -0.3 is 19.3 Å². The van der Waals surface area contributed by atoms with Crippen molar-refractivity contribution < 1.29 is 19.1 Å². The molecular weight excluding hydrogens is 284 g/mol. The Balaban J connectivity index is 2.03. The lowest BCUT2D eigenvalue weighted by molar-refractivity contribution is -0.127. The summed E-state index contributed by atoms with van der Waals surface area (Å²) in [5.41, 5.74) is 0.826. The highest BCUT2D eigenvalue weighted by Crippen LogP contribution is 2.33. The second-order valence-electron chi connectivity index (χ2n) is 5.27. The number of methoxy groups -OCH3 is 1. The molecule has 2 rings (SSSR count). The van der Waals surface area contributed by atoms with Crippen LogP contribution in [0.3, 0.4) is 0 Å². The van der Waals surface area contributed by atoms with Crippen molar-refractivity contribution in [3.63, 3.8) is 0 Å². The smallest absolute Gasteiger partial charge is 0.227 e. The van der Waals surface area contributed by atoms with Crippen LogP contribution in [0.15, 0.2) is 18.2 Å². The van der Waals surface area contributed by atoms with Crippen molar-refractivity contribution >= 4 is 17.5 Å². The molecule has 1 fully saturated rings. The second-order valence-corrected chi connectivity index (χ2v) is 5.27. The van der Waals surface area contributed by atoms with Crippen LogP contribution in [0, 0.1) is 0 Å². The number of amides is 2. The molecule has 1 aliphatic rings. The predicted molar refractivity (Wildman–Crippen MR) is 83.4 cm³/mol. The molecule has 1 aromatic carbocycles. The van der Waals surface area contributed by atoms with Crippen LogP contribution in [-0.2, 0) is 9.59 Å². The molecule has 120 valence electrons. The first-order valence-corrected chi connectivity index (χ1v) is 7.36. The number of carbonyl (C=O) groups is 2. The van der Waals surface area contributed by atoms with E-state index in [2.05, 4.69) is 0 Å². The Bertz CT molecular complexity index is 559. The van der Waals surface area contributed by atoms with Crippen molar-refractivity contribution in [3.05, 3.63) is 18.2 Å². The van der Waals surface area contributed by atoms with E-state index in [4.69, 9.17) is 9.47 Å². The molecule has 1 heterocycles. The molecule has 6 nitrogen and oxygen atoms in total. The third kappa shape index (κ3) is 3.69. The summed E-state index contributed by atoms with van der Waals surface area (Å²) in [6.07, 6.45) is 1.48. The molecule has 0 aliphatic carbocycles. The van der Waals surface area contributed by atoms with Crippen LogP contribution in [0.2, 0.25) is 0 Å². The first-order valence-electron chi connectivity index (χ1n) is 7.36. The van der Waals surface area contributed by atoms with Crippen molar-refractivity contribution in [2.24, 2.45) is 0 Å². The van der Waals surface area contributed by atoms with Crippen LogP contribution in [0.1, 0.15) is 19.8 Å². The Hall–Kier alpha value is -2.24. The van der Waals surface area contributed by atoms with Gasteiger partial charge in [-0.05, 0) is 18.6 Å². The van der Waals surface area contributed by atoms with Crippen LogP contribution in [-0.4, -0.2) is 50.6 Å². The Morgan fingerprint density at radius 2 is 2.14 bits per heavy atom. The summed E-state index contributed by atoms with van der Waals surface area (Å²) in [7, 11) is 3.30. The predicted octanol–water partition coefficient (Wildman–Crippen LogP) is 1.68. The third-order valence-electron chi connectivity index (χ3n) is 3.75. The van der Waals surface area contributed by atoms with Crippen molar-refractivity contribution in [1.29, 1.82) is 0 Å². The fourth-order valence-electron chi connectivity index (χ4n) is 2.31. The summed E-state index contributed by atoms with van der Waals surface area (Å²) in [5.74, 6) is 1.33. The Labute approximate surface area is 130 Å². The summed E-state index contributed by atoms with van der Waals surface area (Å²) in [4.78, 5) is 26.3. The largest absolute Gasteiger partial charge is 0.493 e. The lowest BCUT2D eigenvalue weighted by Crippen LogP contribution is -2.28. The van der Waals surface area contributed by atoms with Crippen LogP contribution in [0.4, 0.5) is 5.69 Å². The number of benzene rings is 1. The zero-order valence-electron chi connectivity index (χ0n) is 13.3. The highest BCUT2D eigenvalue weighted by atomic mass is 16.5. The normalized spacial score (nSPS) is 14.1. The van der Waals surface area contributed by atoms with Crippen molar-refractivity contribution in [3.8, 4) is 11.5 Å². The first kappa shape index (κ1) is 16.1. The summed E-state index contributed by atoms with van der Waals surface area (Å²) in [5, 5.41) is 0. The number of hydrogen-bond donors (Lipinski definition) is 0. The highest BCUT2D eigenvalue weighted by Gasteiger charge is 2.22. The fourth-order valence-corrected chi connectivity index (χ4v) is 2.31. The SMILES string of the molecule is COc1cc(N2CCCC2=O)ccc1OCCN(C)C(C)=O. The summed E-state index contributed by atoms with van der Waals surface area (Å²) in [6, 6.07) is 5.47. The highest BCUT2D eigenvalue weighted by molar-refractivity contribution is 5.95.